The van der Waals surface area contributed by atoms with Crippen LogP contribution in [0.1, 0.15) is 0 Å². The third-order valence-corrected chi connectivity index (χ3v) is 5.40. The summed E-state index contributed by atoms with van der Waals surface area (Å²) in [6.45, 7) is 0. The van der Waals surface area contributed by atoms with E-state index in [9.17, 15) is 13.2 Å². The number of primary sulfonamides is 1. The van der Waals surface area contributed by atoms with Crippen LogP contribution in [0, 0.1) is 0 Å². The monoisotopic (exact) mass is 345 g/mol. The fourth-order valence-corrected chi connectivity index (χ4v) is 3.98. The quantitative estimate of drug-likeness (QED) is 0.638. The molecule has 1 aromatic heterocycles. The van der Waals surface area contributed by atoms with E-state index in [1.165, 1.54) is 36.3 Å². The molecule has 7 nitrogen and oxygen atoms in total. The van der Waals surface area contributed by atoms with E-state index in [4.69, 9.17) is 5.14 Å². The van der Waals surface area contributed by atoms with Crippen LogP contribution in [0.25, 0.3) is 10.6 Å². The van der Waals surface area contributed by atoms with Gasteiger partial charge < -0.3 is 4.74 Å². The zero-order valence-electron chi connectivity index (χ0n) is 10.8. The van der Waals surface area contributed by atoms with Gasteiger partial charge in [-0.1, -0.05) is 41.3 Å². The molecule has 21 heavy (non-hydrogen) atoms. The first-order valence-electron chi connectivity index (χ1n) is 5.57. The molecule has 0 amide bonds. The average Bonchev–Trinajstić information content (AvgIpc) is 2.92. The van der Waals surface area contributed by atoms with Crippen LogP contribution in [0.15, 0.2) is 33.5 Å². The second-order valence-corrected chi connectivity index (χ2v) is 7.51. The van der Waals surface area contributed by atoms with E-state index in [-0.39, 0.29) is 16.6 Å². The Hall–Kier alpha value is -1.49. The Kier molecular flexibility index (Phi) is 4.93. The van der Waals surface area contributed by atoms with Crippen LogP contribution in [0.5, 0.6) is 0 Å². The molecule has 2 N–H and O–H groups in total. The topological polar surface area (TPSA) is 112 Å². The van der Waals surface area contributed by atoms with Crippen LogP contribution in [0.4, 0.5) is 0 Å². The van der Waals surface area contributed by atoms with Crippen molar-refractivity contribution in [2.75, 3.05) is 12.9 Å². The highest BCUT2D eigenvalue weighted by molar-refractivity contribution is 8.01. The molecule has 2 aromatic rings. The van der Waals surface area contributed by atoms with Gasteiger partial charge in [0.15, 0.2) is 4.34 Å². The number of carbonyl (C=O) groups excluding carboxylic acids is 1. The van der Waals surface area contributed by atoms with Gasteiger partial charge in [0.2, 0.25) is 10.0 Å². The number of hydrogen-bond donors (Lipinski definition) is 1. The summed E-state index contributed by atoms with van der Waals surface area (Å²) in [5, 5.41) is 13.5. The summed E-state index contributed by atoms with van der Waals surface area (Å²) in [4.78, 5) is 11.1. The van der Waals surface area contributed by atoms with Crippen molar-refractivity contribution in [2.45, 2.75) is 9.24 Å². The molecule has 0 radical (unpaired) electrons. The number of sulfonamides is 1. The Morgan fingerprint density at radius 1 is 1.38 bits per heavy atom. The lowest BCUT2D eigenvalue weighted by Gasteiger charge is -2.03. The number of nitrogens with two attached hydrogens (primary N) is 1. The van der Waals surface area contributed by atoms with Gasteiger partial charge in [-0.2, -0.15) is 0 Å². The van der Waals surface area contributed by atoms with Gasteiger partial charge >= 0.3 is 5.97 Å². The minimum absolute atomic E-state index is 0.00864. The van der Waals surface area contributed by atoms with Crippen LogP contribution < -0.4 is 5.14 Å². The fraction of sp³-hybridized carbons (Fsp3) is 0.182. The van der Waals surface area contributed by atoms with Crippen molar-refractivity contribution in [2.24, 2.45) is 5.14 Å². The van der Waals surface area contributed by atoms with Crippen LogP contribution in [0.3, 0.4) is 0 Å². The third-order valence-electron chi connectivity index (χ3n) is 2.37. The van der Waals surface area contributed by atoms with Crippen molar-refractivity contribution < 1.29 is 17.9 Å². The zero-order valence-corrected chi connectivity index (χ0v) is 13.3. The average molecular weight is 345 g/mol. The molecule has 0 aliphatic heterocycles. The summed E-state index contributed by atoms with van der Waals surface area (Å²) < 4.78 is 28.2. The maximum absolute atomic E-state index is 11.6. The van der Waals surface area contributed by atoms with Gasteiger partial charge in [-0.3, -0.25) is 4.79 Å². The second-order valence-electron chi connectivity index (χ2n) is 3.78. The van der Waals surface area contributed by atoms with E-state index < -0.39 is 10.0 Å². The molecule has 10 heteroatoms. The molecule has 0 bridgehead atoms. The van der Waals surface area contributed by atoms with Gasteiger partial charge in [0.05, 0.1) is 17.8 Å². The normalized spacial score (nSPS) is 11.3. The lowest BCUT2D eigenvalue weighted by atomic mass is 10.2. The zero-order chi connectivity index (χ0) is 15.5. The number of nitrogens with zero attached hydrogens (tertiary/aromatic N) is 2. The van der Waals surface area contributed by atoms with Crippen molar-refractivity contribution >= 4 is 39.1 Å². The van der Waals surface area contributed by atoms with Gasteiger partial charge in [0.1, 0.15) is 5.01 Å². The van der Waals surface area contributed by atoms with Crippen molar-refractivity contribution in [3.8, 4) is 10.6 Å². The van der Waals surface area contributed by atoms with Gasteiger partial charge in [-0.25, -0.2) is 13.6 Å². The highest BCUT2D eigenvalue weighted by Gasteiger charge is 2.18. The van der Waals surface area contributed by atoms with Crippen LogP contribution in [-0.4, -0.2) is 37.4 Å². The first kappa shape index (κ1) is 15.9. The van der Waals surface area contributed by atoms with E-state index in [2.05, 4.69) is 14.9 Å². The maximum atomic E-state index is 11.6. The molecule has 0 aliphatic rings. The van der Waals surface area contributed by atoms with Crippen LogP contribution in [0.2, 0.25) is 0 Å². The second kappa shape index (κ2) is 6.52. The van der Waals surface area contributed by atoms with Crippen molar-refractivity contribution in [3.63, 3.8) is 0 Å². The Balaban J connectivity index is 2.28. The maximum Gasteiger partial charge on any atom is 0.316 e. The Morgan fingerprint density at radius 2 is 2.10 bits per heavy atom. The largest absolute Gasteiger partial charge is 0.468 e. The molecule has 0 atom stereocenters. The first-order valence-corrected chi connectivity index (χ1v) is 8.92. The number of ether oxygens (including phenoxy) is 1. The Bertz CT molecular complexity index is 758. The number of rotatable bonds is 5. The summed E-state index contributed by atoms with van der Waals surface area (Å²) in [5.74, 6) is -0.260. The summed E-state index contributed by atoms with van der Waals surface area (Å²) in [7, 11) is -2.54. The van der Waals surface area contributed by atoms with Crippen LogP contribution in [-0.2, 0) is 19.6 Å². The highest BCUT2D eigenvalue weighted by atomic mass is 32.2. The van der Waals surface area contributed by atoms with E-state index in [0.29, 0.717) is 14.9 Å². The number of hydrogen-bond acceptors (Lipinski definition) is 8. The van der Waals surface area contributed by atoms with Crippen molar-refractivity contribution in [1.29, 1.82) is 0 Å². The number of methoxy groups -OCH3 is 1. The summed E-state index contributed by atoms with van der Waals surface area (Å²) in [6, 6.07) is 6.28. The molecule has 1 aromatic carbocycles. The molecular weight excluding hydrogens is 334 g/mol. The smallest absolute Gasteiger partial charge is 0.316 e. The van der Waals surface area contributed by atoms with E-state index in [1.807, 2.05) is 0 Å². The molecule has 0 saturated carbocycles. The van der Waals surface area contributed by atoms with Gasteiger partial charge in [0, 0.05) is 5.56 Å². The summed E-state index contributed by atoms with van der Waals surface area (Å²) in [5.41, 5.74) is 0.391. The molecule has 0 unspecified atom stereocenters. The number of esters is 1. The molecular formula is C11H11N3O4S3. The van der Waals surface area contributed by atoms with Crippen molar-refractivity contribution in [1.82, 2.24) is 10.2 Å². The van der Waals surface area contributed by atoms with Gasteiger partial charge in [-0.05, 0) is 6.07 Å². The van der Waals surface area contributed by atoms with E-state index >= 15 is 0 Å². The predicted octanol–water partition coefficient (Wildman–Crippen LogP) is 1.12. The van der Waals surface area contributed by atoms with Crippen LogP contribution >= 0.6 is 23.1 Å². The number of aromatic nitrogens is 2. The lowest BCUT2D eigenvalue weighted by molar-refractivity contribution is -0.137. The molecule has 0 spiro atoms. The standard InChI is InChI=1S/C11H11N3O4S3/c1-18-9(15)6-19-11-14-13-10(20-11)7-4-2-3-5-8(7)21(12,16)17/h2-5H,6H2,1H3,(H2,12,16,17). The molecule has 0 saturated heterocycles. The summed E-state index contributed by atoms with van der Waals surface area (Å²) in [6.07, 6.45) is 0. The number of thioether (sulfide) groups is 1. The number of carbonyl (C=O) groups is 1. The minimum Gasteiger partial charge on any atom is -0.468 e. The fourth-order valence-electron chi connectivity index (χ4n) is 1.45. The predicted molar refractivity (Wildman–Crippen MR) is 79.5 cm³/mol. The highest BCUT2D eigenvalue weighted by Crippen LogP contribution is 2.32. The van der Waals surface area contributed by atoms with Gasteiger partial charge in [-0.15, -0.1) is 10.2 Å². The number of benzene rings is 1. The molecule has 0 fully saturated rings. The summed E-state index contributed by atoms with van der Waals surface area (Å²) >= 11 is 2.35. The lowest BCUT2D eigenvalue weighted by Crippen LogP contribution is -2.13. The molecule has 2 rings (SSSR count). The minimum atomic E-state index is -3.84. The third kappa shape index (κ3) is 4.00. The SMILES string of the molecule is COC(=O)CSc1nnc(-c2ccccc2S(N)(=O)=O)s1. The first-order chi connectivity index (χ1) is 9.91. The molecule has 0 aliphatic carbocycles. The Labute approximate surface area is 129 Å². The van der Waals surface area contributed by atoms with E-state index in [1.54, 1.807) is 18.2 Å². The van der Waals surface area contributed by atoms with Crippen molar-refractivity contribution in [3.05, 3.63) is 24.3 Å². The Morgan fingerprint density at radius 3 is 2.76 bits per heavy atom. The van der Waals surface area contributed by atoms with E-state index in [0.717, 1.165) is 0 Å². The molecule has 112 valence electrons. The van der Waals surface area contributed by atoms with Gasteiger partial charge in [0.25, 0.3) is 0 Å². The molecule has 1 heterocycles.